The molecule has 0 spiro atoms. The molecule has 1 atom stereocenters. The Hall–Kier alpha value is -2.01. The van der Waals surface area contributed by atoms with Gasteiger partial charge in [0.15, 0.2) is 23.2 Å². The van der Waals surface area contributed by atoms with E-state index in [0.29, 0.717) is 0 Å². The molecule has 2 aromatic carbocycles. The van der Waals surface area contributed by atoms with Crippen LogP contribution >= 0.6 is 0 Å². The maximum atomic E-state index is 13.9. The third kappa shape index (κ3) is 3.11. The molecule has 0 amide bonds. The van der Waals surface area contributed by atoms with E-state index in [4.69, 9.17) is 4.74 Å². The average Bonchev–Trinajstić information content (AvgIpc) is 2.44. The van der Waals surface area contributed by atoms with Gasteiger partial charge in [0.2, 0.25) is 0 Å². The summed E-state index contributed by atoms with van der Waals surface area (Å²) < 4.78 is 44.9. The van der Waals surface area contributed by atoms with E-state index in [9.17, 15) is 13.2 Å². The lowest BCUT2D eigenvalue weighted by Gasteiger charge is -2.12. The van der Waals surface area contributed by atoms with Crippen molar-refractivity contribution in [2.75, 3.05) is 7.05 Å². The van der Waals surface area contributed by atoms with Gasteiger partial charge in [-0.15, -0.1) is 0 Å². The molecule has 0 heterocycles. The zero-order valence-electron chi connectivity index (χ0n) is 11.1. The first-order valence-corrected chi connectivity index (χ1v) is 6.11. The van der Waals surface area contributed by atoms with E-state index in [0.717, 1.165) is 17.7 Å². The largest absolute Gasteiger partial charge is 0.454 e. The Kier molecular flexibility index (Phi) is 4.29. The number of rotatable bonds is 4. The van der Waals surface area contributed by atoms with Gasteiger partial charge in [0.1, 0.15) is 5.75 Å². The summed E-state index contributed by atoms with van der Waals surface area (Å²) in [6.45, 7) is 1.89. The highest BCUT2D eigenvalue weighted by Crippen LogP contribution is 2.27. The molecule has 106 valence electrons. The summed E-state index contributed by atoms with van der Waals surface area (Å²) >= 11 is 0. The minimum Gasteiger partial charge on any atom is -0.454 e. The third-order valence-electron chi connectivity index (χ3n) is 3.01. The SMILES string of the molecule is CNC(C)c1ccc(Oc2ccc(F)c(F)c2)c(F)c1. The summed E-state index contributed by atoms with van der Waals surface area (Å²) in [5, 5.41) is 2.99. The van der Waals surface area contributed by atoms with Crippen molar-refractivity contribution in [3.05, 3.63) is 59.4 Å². The Morgan fingerprint density at radius 1 is 0.950 bits per heavy atom. The molecule has 0 saturated carbocycles. The number of hydrogen-bond donors (Lipinski definition) is 1. The van der Waals surface area contributed by atoms with E-state index in [1.54, 1.807) is 13.1 Å². The van der Waals surface area contributed by atoms with Crippen LogP contribution in [0.25, 0.3) is 0 Å². The van der Waals surface area contributed by atoms with Crippen molar-refractivity contribution in [2.24, 2.45) is 0 Å². The molecule has 0 bridgehead atoms. The van der Waals surface area contributed by atoms with E-state index in [-0.39, 0.29) is 17.5 Å². The minimum absolute atomic E-state index is 0.00168. The monoisotopic (exact) mass is 281 g/mol. The van der Waals surface area contributed by atoms with E-state index >= 15 is 0 Å². The summed E-state index contributed by atoms with van der Waals surface area (Å²) in [4.78, 5) is 0. The smallest absolute Gasteiger partial charge is 0.166 e. The van der Waals surface area contributed by atoms with Gasteiger partial charge in [0.25, 0.3) is 0 Å². The Labute approximate surface area is 115 Å². The Bertz CT molecular complexity index is 616. The number of nitrogens with one attached hydrogen (secondary N) is 1. The second kappa shape index (κ2) is 5.96. The van der Waals surface area contributed by atoms with Crippen molar-refractivity contribution in [1.29, 1.82) is 0 Å². The molecule has 5 heteroatoms. The molecular weight excluding hydrogens is 267 g/mol. The second-order valence-corrected chi connectivity index (χ2v) is 4.38. The van der Waals surface area contributed by atoms with Gasteiger partial charge < -0.3 is 10.1 Å². The summed E-state index contributed by atoms with van der Waals surface area (Å²) in [6.07, 6.45) is 0. The predicted octanol–water partition coefficient (Wildman–Crippen LogP) is 4.18. The molecule has 0 aliphatic carbocycles. The van der Waals surface area contributed by atoms with Gasteiger partial charge in [-0.2, -0.15) is 0 Å². The van der Waals surface area contributed by atoms with Gasteiger partial charge in [0.05, 0.1) is 0 Å². The summed E-state index contributed by atoms with van der Waals surface area (Å²) in [5.41, 5.74) is 0.766. The van der Waals surface area contributed by atoms with Crippen LogP contribution in [-0.4, -0.2) is 7.05 Å². The molecule has 2 rings (SSSR count). The fraction of sp³-hybridized carbons (Fsp3) is 0.200. The quantitative estimate of drug-likeness (QED) is 0.908. The number of hydrogen-bond acceptors (Lipinski definition) is 2. The maximum Gasteiger partial charge on any atom is 0.166 e. The van der Waals surface area contributed by atoms with Crippen LogP contribution in [0.1, 0.15) is 18.5 Å². The normalized spacial score (nSPS) is 12.2. The number of ether oxygens (including phenoxy) is 1. The zero-order chi connectivity index (χ0) is 14.7. The standard InChI is InChI=1S/C15H14F3NO/c1-9(19-2)10-3-6-15(14(18)7-10)20-11-4-5-12(16)13(17)8-11/h3-9,19H,1-2H3. The van der Waals surface area contributed by atoms with E-state index in [1.807, 2.05) is 6.92 Å². The zero-order valence-corrected chi connectivity index (χ0v) is 11.1. The molecule has 0 aliphatic heterocycles. The number of halogens is 3. The Morgan fingerprint density at radius 2 is 1.70 bits per heavy atom. The Balaban J connectivity index is 2.23. The van der Waals surface area contributed by atoms with Crippen molar-refractivity contribution in [2.45, 2.75) is 13.0 Å². The second-order valence-electron chi connectivity index (χ2n) is 4.38. The van der Waals surface area contributed by atoms with Crippen LogP contribution in [0, 0.1) is 17.5 Å². The topological polar surface area (TPSA) is 21.3 Å². The average molecular weight is 281 g/mol. The molecule has 0 aromatic heterocycles. The molecular formula is C15H14F3NO. The molecule has 2 nitrogen and oxygen atoms in total. The number of benzene rings is 2. The van der Waals surface area contributed by atoms with Crippen LogP contribution in [0.5, 0.6) is 11.5 Å². The van der Waals surface area contributed by atoms with Crippen LogP contribution < -0.4 is 10.1 Å². The van der Waals surface area contributed by atoms with Crippen LogP contribution in [0.2, 0.25) is 0 Å². The first-order chi connectivity index (χ1) is 9.51. The van der Waals surface area contributed by atoms with E-state index in [2.05, 4.69) is 5.32 Å². The fourth-order valence-corrected chi connectivity index (χ4v) is 1.70. The highest BCUT2D eigenvalue weighted by atomic mass is 19.2. The third-order valence-corrected chi connectivity index (χ3v) is 3.01. The highest BCUT2D eigenvalue weighted by molar-refractivity contribution is 5.35. The maximum absolute atomic E-state index is 13.9. The predicted molar refractivity (Wildman–Crippen MR) is 70.3 cm³/mol. The van der Waals surface area contributed by atoms with Crippen molar-refractivity contribution in [3.8, 4) is 11.5 Å². The molecule has 1 N–H and O–H groups in total. The van der Waals surface area contributed by atoms with Crippen LogP contribution in [0.4, 0.5) is 13.2 Å². The summed E-state index contributed by atoms with van der Waals surface area (Å²) in [6, 6.07) is 7.55. The Morgan fingerprint density at radius 3 is 2.30 bits per heavy atom. The van der Waals surface area contributed by atoms with Gasteiger partial charge in [-0.1, -0.05) is 6.07 Å². The van der Waals surface area contributed by atoms with Gasteiger partial charge in [-0.05, 0) is 43.8 Å². The highest BCUT2D eigenvalue weighted by Gasteiger charge is 2.10. The van der Waals surface area contributed by atoms with Crippen LogP contribution in [-0.2, 0) is 0 Å². The van der Waals surface area contributed by atoms with Gasteiger partial charge in [0, 0.05) is 12.1 Å². The fourth-order valence-electron chi connectivity index (χ4n) is 1.70. The van der Waals surface area contributed by atoms with Crippen molar-refractivity contribution >= 4 is 0 Å². The van der Waals surface area contributed by atoms with E-state index < -0.39 is 17.5 Å². The first kappa shape index (κ1) is 14.4. The summed E-state index contributed by atoms with van der Waals surface area (Å²) in [5.74, 6) is -2.58. The summed E-state index contributed by atoms with van der Waals surface area (Å²) in [7, 11) is 1.77. The lowest BCUT2D eigenvalue weighted by molar-refractivity contribution is 0.431. The van der Waals surface area contributed by atoms with Crippen molar-refractivity contribution in [3.63, 3.8) is 0 Å². The lowest BCUT2D eigenvalue weighted by Crippen LogP contribution is -2.12. The van der Waals surface area contributed by atoms with Crippen LogP contribution in [0.3, 0.4) is 0 Å². The molecule has 0 aliphatic rings. The molecule has 20 heavy (non-hydrogen) atoms. The van der Waals surface area contributed by atoms with Gasteiger partial charge in [-0.3, -0.25) is 0 Å². The van der Waals surface area contributed by atoms with E-state index in [1.165, 1.54) is 18.2 Å². The molecule has 0 fully saturated rings. The minimum atomic E-state index is -1.04. The van der Waals surface area contributed by atoms with Crippen molar-refractivity contribution < 1.29 is 17.9 Å². The first-order valence-electron chi connectivity index (χ1n) is 6.11. The molecule has 0 radical (unpaired) electrons. The van der Waals surface area contributed by atoms with Crippen LogP contribution in [0.15, 0.2) is 36.4 Å². The van der Waals surface area contributed by atoms with Gasteiger partial charge in [-0.25, -0.2) is 13.2 Å². The van der Waals surface area contributed by atoms with Crippen molar-refractivity contribution in [1.82, 2.24) is 5.32 Å². The molecule has 1 unspecified atom stereocenters. The lowest BCUT2D eigenvalue weighted by atomic mass is 10.1. The van der Waals surface area contributed by atoms with Gasteiger partial charge >= 0.3 is 0 Å². The molecule has 2 aromatic rings. The molecule has 0 saturated heterocycles.